The van der Waals surface area contributed by atoms with Crippen LogP contribution in [0.15, 0.2) is 24.3 Å². The summed E-state index contributed by atoms with van der Waals surface area (Å²) in [7, 11) is 0. The van der Waals surface area contributed by atoms with Crippen molar-refractivity contribution in [3.8, 4) is 6.07 Å². The number of carbonyl (C=O) groups excluding carboxylic acids is 1. The van der Waals surface area contributed by atoms with E-state index in [1.54, 1.807) is 0 Å². The predicted molar refractivity (Wildman–Crippen MR) is 66.4 cm³/mol. The molecule has 1 aliphatic rings. The van der Waals surface area contributed by atoms with E-state index in [2.05, 4.69) is 6.07 Å². The van der Waals surface area contributed by atoms with Gasteiger partial charge in [-0.15, -0.1) is 0 Å². The maximum Gasteiger partial charge on any atom is 0.153 e. The van der Waals surface area contributed by atoms with Crippen molar-refractivity contribution in [3.05, 3.63) is 35.4 Å². The Morgan fingerprint density at radius 2 is 2.00 bits per heavy atom. The zero-order chi connectivity index (χ0) is 12.3. The third kappa shape index (κ3) is 2.39. The Balaban J connectivity index is 2.22. The van der Waals surface area contributed by atoms with Crippen molar-refractivity contribution in [3.63, 3.8) is 0 Å². The van der Waals surface area contributed by atoms with Gasteiger partial charge in [-0.25, -0.2) is 0 Å². The fraction of sp³-hybridized carbons (Fsp3) is 0.467. The first kappa shape index (κ1) is 11.9. The normalized spacial score (nSPS) is 24.4. The SMILES string of the molecule is Cc1ccc(CC2(C#N)CCCCC2=O)cc1. The van der Waals surface area contributed by atoms with Crippen LogP contribution in [0.1, 0.15) is 36.8 Å². The van der Waals surface area contributed by atoms with Crippen molar-refractivity contribution in [2.75, 3.05) is 0 Å². The topological polar surface area (TPSA) is 40.9 Å². The lowest BCUT2D eigenvalue weighted by atomic mass is 9.70. The zero-order valence-corrected chi connectivity index (χ0v) is 10.2. The predicted octanol–water partition coefficient (Wildman–Crippen LogP) is 3.19. The second kappa shape index (κ2) is 4.71. The molecular formula is C15H17NO. The maximum absolute atomic E-state index is 12.0. The number of Topliss-reactive ketones (excluding diaryl/α,β-unsaturated/α-hetero) is 1. The lowest BCUT2D eigenvalue weighted by Crippen LogP contribution is -2.34. The minimum absolute atomic E-state index is 0.131. The number of rotatable bonds is 2. The Labute approximate surface area is 102 Å². The zero-order valence-electron chi connectivity index (χ0n) is 10.2. The summed E-state index contributed by atoms with van der Waals surface area (Å²) >= 11 is 0. The third-order valence-corrected chi connectivity index (χ3v) is 3.63. The van der Waals surface area contributed by atoms with Gasteiger partial charge in [0.05, 0.1) is 6.07 Å². The third-order valence-electron chi connectivity index (χ3n) is 3.63. The van der Waals surface area contributed by atoms with Gasteiger partial charge in [-0.3, -0.25) is 4.79 Å². The van der Waals surface area contributed by atoms with Gasteiger partial charge in [-0.05, 0) is 31.7 Å². The van der Waals surface area contributed by atoms with E-state index in [0.29, 0.717) is 12.8 Å². The van der Waals surface area contributed by atoms with Gasteiger partial charge >= 0.3 is 0 Å². The van der Waals surface area contributed by atoms with Gasteiger partial charge in [-0.2, -0.15) is 5.26 Å². The Kier molecular flexibility index (Phi) is 3.28. The van der Waals surface area contributed by atoms with E-state index >= 15 is 0 Å². The van der Waals surface area contributed by atoms with E-state index in [9.17, 15) is 10.1 Å². The number of benzene rings is 1. The molecule has 88 valence electrons. The monoisotopic (exact) mass is 227 g/mol. The van der Waals surface area contributed by atoms with Crippen molar-refractivity contribution < 1.29 is 4.79 Å². The van der Waals surface area contributed by atoms with Gasteiger partial charge in [0.25, 0.3) is 0 Å². The van der Waals surface area contributed by atoms with Crippen molar-refractivity contribution in [1.82, 2.24) is 0 Å². The summed E-state index contributed by atoms with van der Waals surface area (Å²) in [6.45, 7) is 2.04. The summed E-state index contributed by atoms with van der Waals surface area (Å²) < 4.78 is 0. The molecule has 0 saturated heterocycles. The molecule has 0 spiro atoms. The highest BCUT2D eigenvalue weighted by Crippen LogP contribution is 2.35. The molecule has 2 nitrogen and oxygen atoms in total. The van der Waals surface area contributed by atoms with Crippen molar-refractivity contribution in [2.24, 2.45) is 5.41 Å². The van der Waals surface area contributed by atoms with Gasteiger partial charge in [0.15, 0.2) is 5.78 Å². The number of nitrogens with zero attached hydrogens (tertiary/aromatic N) is 1. The van der Waals surface area contributed by atoms with E-state index in [1.165, 1.54) is 5.56 Å². The van der Waals surface area contributed by atoms with E-state index in [0.717, 1.165) is 24.8 Å². The fourth-order valence-electron chi connectivity index (χ4n) is 2.49. The standard InChI is InChI=1S/C15H17NO/c1-12-5-7-13(8-6-12)10-15(11-16)9-3-2-4-14(15)17/h5-8H,2-4,9-10H2,1H3. The van der Waals surface area contributed by atoms with Crippen LogP contribution in [0.4, 0.5) is 0 Å². The first-order valence-electron chi connectivity index (χ1n) is 6.16. The Morgan fingerprint density at radius 1 is 1.29 bits per heavy atom. The molecular weight excluding hydrogens is 210 g/mol. The molecule has 0 radical (unpaired) electrons. The molecule has 0 bridgehead atoms. The number of hydrogen-bond acceptors (Lipinski definition) is 2. The van der Waals surface area contributed by atoms with Gasteiger partial charge in [0, 0.05) is 6.42 Å². The average Bonchev–Trinajstić information content (AvgIpc) is 2.35. The van der Waals surface area contributed by atoms with E-state index < -0.39 is 5.41 Å². The number of nitriles is 1. The molecule has 1 aliphatic carbocycles. The van der Waals surface area contributed by atoms with Crippen LogP contribution in [0.2, 0.25) is 0 Å². The molecule has 0 amide bonds. The second-order valence-corrected chi connectivity index (χ2v) is 4.99. The van der Waals surface area contributed by atoms with Crippen LogP contribution in [-0.2, 0) is 11.2 Å². The average molecular weight is 227 g/mol. The molecule has 1 atom stereocenters. The van der Waals surface area contributed by atoms with E-state index in [4.69, 9.17) is 0 Å². The van der Waals surface area contributed by atoms with Crippen LogP contribution in [0, 0.1) is 23.7 Å². The minimum atomic E-state index is -0.756. The maximum atomic E-state index is 12.0. The lowest BCUT2D eigenvalue weighted by Gasteiger charge is -2.29. The van der Waals surface area contributed by atoms with Gasteiger partial charge < -0.3 is 0 Å². The van der Waals surface area contributed by atoms with Gasteiger partial charge in [0.2, 0.25) is 0 Å². The van der Waals surface area contributed by atoms with Crippen LogP contribution < -0.4 is 0 Å². The Bertz CT molecular complexity index is 455. The number of hydrogen-bond donors (Lipinski definition) is 0. The molecule has 0 heterocycles. The molecule has 17 heavy (non-hydrogen) atoms. The van der Waals surface area contributed by atoms with Crippen molar-refractivity contribution >= 4 is 5.78 Å². The highest BCUT2D eigenvalue weighted by atomic mass is 16.1. The molecule has 2 heteroatoms. The van der Waals surface area contributed by atoms with Crippen LogP contribution in [0.5, 0.6) is 0 Å². The van der Waals surface area contributed by atoms with E-state index in [-0.39, 0.29) is 5.78 Å². The summed E-state index contributed by atoms with van der Waals surface area (Å²) in [5.41, 5.74) is 1.54. The quantitative estimate of drug-likeness (QED) is 0.778. The van der Waals surface area contributed by atoms with Gasteiger partial charge in [0.1, 0.15) is 5.41 Å². The molecule has 0 N–H and O–H groups in total. The molecule has 1 unspecified atom stereocenters. The number of aryl methyl sites for hydroxylation is 1. The Hall–Kier alpha value is -1.62. The molecule has 1 saturated carbocycles. The Morgan fingerprint density at radius 3 is 2.59 bits per heavy atom. The minimum Gasteiger partial charge on any atom is -0.298 e. The van der Waals surface area contributed by atoms with Crippen molar-refractivity contribution in [2.45, 2.75) is 39.0 Å². The smallest absolute Gasteiger partial charge is 0.153 e. The lowest BCUT2D eigenvalue weighted by molar-refractivity contribution is -0.128. The molecule has 1 aromatic rings. The second-order valence-electron chi connectivity index (χ2n) is 4.99. The molecule has 2 rings (SSSR count). The number of carbonyl (C=O) groups is 1. The highest BCUT2D eigenvalue weighted by Gasteiger charge is 2.39. The summed E-state index contributed by atoms with van der Waals surface area (Å²) in [6, 6.07) is 10.4. The van der Waals surface area contributed by atoms with Gasteiger partial charge in [-0.1, -0.05) is 36.2 Å². The summed E-state index contributed by atoms with van der Waals surface area (Å²) in [5.74, 6) is 0.131. The largest absolute Gasteiger partial charge is 0.298 e. The highest BCUT2D eigenvalue weighted by molar-refractivity contribution is 5.88. The summed E-state index contributed by atoms with van der Waals surface area (Å²) in [5, 5.41) is 9.36. The van der Waals surface area contributed by atoms with Crippen LogP contribution >= 0.6 is 0 Å². The molecule has 1 aromatic carbocycles. The first-order valence-corrected chi connectivity index (χ1v) is 6.16. The van der Waals surface area contributed by atoms with Crippen molar-refractivity contribution in [1.29, 1.82) is 5.26 Å². The molecule has 1 fully saturated rings. The molecule has 0 aromatic heterocycles. The van der Waals surface area contributed by atoms with Crippen LogP contribution in [0.3, 0.4) is 0 Å². The summed E-state index contributed by atoms with van der Waals surface area (Å²) in [6.07, 6.45) is 3.79. The van der Waals surface area contributed by atoms with Crippen LogP contribution in [-0.4, -0.2) is 5.78 Å². The summed E-state index contributed by atoms with van der Waals surface area (Å²) in [4.78, 5) is 12.0. The molecule has 0 aliphatic heterocycles. The van der Waals surface area contributed by atoms with E-state index in [1.807, 2.05) is 31.2 Å². The number of ketones is 1. The van der Waals surface area contributed by atoms with Crippen LogP contribution in [0.25, 0.3) is 0 Å². The first-order chi connectivity index (χ1) is 8.16. The fourth-order valence-corrected chi connectivity index (χ4v) is 2.49.